The second-order valence-corrected chi connectivity index (χ2v) is 4.55. The quantitative estimate of drug-likeness (QED) is 0.835. The number of anilines is 2. The fraction of sp³-hybridized carbons (Fsp3) is 0.0625. The highest BCUT2D eigenvalue weighted by molar-refractivity contribution is 7.80. The maximum Gasteiger partial charge on any atom is 0.175 e. The first-order valence-electron chi connectivity index (χ1n) is 6.26. The van der Waals surface area contributed by atoms with Crippen LogP contribution in [0.5, 0.6) is 0 Å². The van der Waals surface area contributed by atoms with Gasteiger partial charge in [0.15, 0.2) is 5.11 Å². The van der Waals surface area contributed by atoms with Gasteiger partial charge in [-0.3, -0.25) is 0 Å². The number of hydrogen-bond donors (Lipinski definition) is 2. The van der Waals surface area contributed by atoms with Crippen LogP contribution in [-0.4, -0.2) is 11.7 Å². The molecule has 0 aliphatic rings. The lowest BCUT2D eigenvalue weighted by Gasteiger charge is -2.10. The number of hydrogen-bond acceptors (Lipinski definition) is 1. The SMILES string of the molecule is [O]C/C=C/c1cccc(NC(=S)Nc2ccccc2)c1. The van der Waals surface area contributed by atoms with Crippen LogP contribution in [0.15, 0.2) is 60.7 Å². The first kappa shape index (κ1) is 14.2. The average molecular weight is 283 g/mol. The van der Waals surface area contributed by atoms with Crippen LogP contribution >= 0.6 is 12.2 Å². The van der Waals surface area contributed by atoms with Crippen molar-refractivity contribution in [1.29, 1.82) is 0 Å². The molecule has 0 unspecified atom stereocenters. The van der Waals surface area contributed by atoms with Crippen LogP contribution < -0.4 is 10.6 Å². The highest BCUT2D eigenvalue weighted by atomic mass is 32.1. The normalized spacial score (nSPS) is 10.4. The number of nitrogens with one attached hydrogen (secondary N) is 2. The lowest BCUT2D eigenvalue weighted by molar-refractivity contribution is 0.233. The van der Waals surface area contributed by atoms with E-state index in [1.807, 2.05) is 54.6 Å². The van der Waals surface area contributed by atoms with Crippen molar-refractivity contribution >= 4 is 34.8 Å². The van der Waals surface area contributed by atoms with Crippen molar-refractivity contribution in [1.82, 2.24) is 0 Å². The molecule has 3 nitrogen and oxygen atoms in total. The minimum absolute atomic E-state index is 0.217. The van der Waals surface area contributed by atoms with Gasteiger partial charge in [-0.2, -0.15) is 0 Å². The van der Waals surface area contributed by atoms with Gasteiger partial charge >= 0.3 is 0 Å². The molecule has 2 aromatic rings. The minimum atomic E-state index is -0.217. The summed E-state index contributed by atoms with van der Waals surface area (Å²) >= 11 is 5.26. The van der Waals surface area contributed by atoms with E-state index in [-0.39, 0.29) is 6.61 Å². The Balaban J connectivity index is 1.99. The highest BCUT2D eigenvalue weighted by Gasteiger charge is 1.98. The summed E-state index contributed by atoms with van der Waals surface area (Å²) in [7, 11) is 0. The van der Waals surface area contributed by atoms with Gasteiger partial charge in [0.25, 0.3) is 0 Å². The molecule has 1 radical (unpaired) electrons. The standard InChI is InChI=1S/C16H15N2OS/c19-11-5-7-13-6-4-10-15(12-13)18-16(20)17-14-8-2-1-3-9-14/h1-10,12H,11H2,(H2,17,18,20)/b7-5+. The third-order valence-electron chi connectivity index (χ3n) is 2.58. The number of benzene rings is 2. The van der Waals surface area contributed by atoms with Gasteiger partial charge in [-0.05, 0) is 42.0 Å². The predicted molar refractivity (Wildman–Crippen MR) is 87.3 cm³/mol. The molecule has 0 saturated heterocycles. The monoisotopic (exact) mass is 283 g/mol. The fourth-order valence-electron chi connectivity index (χ4n) is 1.72. The minimum Gasteiger partial charge on any atom is -0.332 e. The lowest BCUT2D eigenvalue weighted by Crippen LogP contribution is -2.18. The van der Waals surface area contributed by atoms with E-state index in [0.717, 1.165) is 16.9 Å². The van der Waals surface area contributed by atoms with Crippen molar-refractivity contribution in [3.63, 3.8) is 0 Å². The Hall–Kier alpha value is -2.17. The van der Waals surface area contributed by atoms with Crippen molar-refractivity contribution in [3.05, 3.63) is 66.2 Å². The van der Waals surface area contributed by atoms with E-state index in [1.54, 1.807) is 12.2 Å². The summed E-state index contributed by atoms with van der Waals surface area (Å²) in [6.07, 6.45) is 3.38. The van der Waals surface area contributed by atoms with Gasteiger partial charge < -0.3 is 10.6 Å². The Kier molecular flexibility index (Phi) is 5.29. The van der Waals surface area contributed by atoms with Crippen LogP contribution in [0.2, 0.25) is 0 Å². The van der Waals surface area contributed by atoms with E-state index in [9.17, 15) is 5.11 Å². The van der Waals surface area contributed by atoms with Crippen LogP contribution in [0.1, 0.15) is 5.56 Å². The van der Waals surface area contributed by atoms with Gasteiger partial charge in [-0.15, -0.1) is 0 Å². The topological polar surface area (TPSA) is 44.0 Å². The first-order valence-corrected chi connectivity index (χ1v) is 6.66. The van der Waals surface area contributed by atoms with Gasteiger partial charge in [-0.1, -0.05) is 42.5 Å². The largest absolute Gasteiger partial charge is 0.332 e. The summed E-state index contributed by atoms with van der Waals surface area (Å²) < 4.78 is 0. The van der Waals surface area contributed by atoms with Gasteiger partial charge in [0.2, 0.25) is 0 Å². The molecule has 0 aromatic heterocycles. The van der Waals surface area contributed by atoms with Gasteiger partial charge in [0.05, 0.1) is 0 Å². The summed E-state index contributed by atoms with van der Waals surface area (Å²) in [5.74, 6) is 0. The molecule has 0 fully saturated rings. The zero-order chi connectivity index (χ0) is 14.2. The Bertz CT molecular complexity index is 596. The summed E-state index contributed by atoms with van der Waals surface area (Å²) in [5, 5.41) is 17.2. The molecule has 0 amide bonds. The molecule has 4 heteroatoms. The molecular formula is C16H15N2OS. The summed E-state index contributed by atoms with van der Waals surface area (Å²) in [4.78, 5) is 0. The smallest absolute Gasteiger partial charge is 0.175 e. The molecule has 20 heavy (non-hydrogen) atoms. The van der Waals surface area contributed by atoms with E-state index in [0.29, 0.717) is 5.11 Å². The molecule has 0 aliphatic heterocycles. The molecule has 0 heterocycles. The third-order valence-corrected chi connectivity index (χ3v) is 2.79. The first-order chi connectivity index (χ1) is 9.78. The van der Waals surface area contributed by atoms with E-state index in [2.05, 4.69) is 10.6 Å². The zero-order valence-corrected chi connectivity index (χ0v) is 11.7. The average Bonchev–Trinajstić information content (AvgIpc) is 2.46. The van der Waals surface area contributed by atoms with Crippen molar-refractivity contribution in [2.24, 2.45) is 0 Å². The summed E-state index contributed by atoms with van der Waals surface area (Å²) in [5.41, 5.74) is 2.78. The van der Waals surface area contributed by atoms with Crippen molar-refractivity contribution in [2.45, 2.75) is 0 Å². The Labute approximate surface area is 124 Å². The molecule has 0 spiro atoms. The van der Waals surface area contributed by atoms with E-state index in [4.69, 9.17) is 12.2 Å². The zero-order valence-electron chi connectivity index (χ0n) is 10.9. The Morgan fingerprint density at radius 1 is 1.00 bits per heavy atom. The van der Waals surface area contributed by atoms with Crippen molar-refractivity contribution in [2.75, 3.05) is 17.2 Å². The molecule has 0 aliphatic carbocycles. The Morgan fingerprint density at radius 2 is 1.70 bits per heavy atom. The predicted octanol–water partition coefficient (Wildman–Crippen LogP) is 3.94. The molecule has 2 aromatic carbocycles. The van der Waals surface area contributed by atoms with Gasteiger partial charge in [0, 0.05) is 11.4 Å². The van der Waals surface area contributed by atoms with E-state index < -0.39 is 0 Å². The number of para-hydroxylation sites is 1. The highest BCUT2D eigenvalue weighted by Crippen LogP contribution is 2.13. The summed E-state index contributed by atoms with van der Waals surface area (Å²) in [6.45, 7) is -0.217. The van der Waals surface area contributed by atoms with Gasteiger partial charge in [0.1, 0.15) is 6.61 Å². The van der Waals surface area contributed by atoms with Crippen LogP contribution in [0.25, 0.3) is 6.08 Å². The second-order valence-electron chi connectivity index (χ2n) is 4.14. The van der Waals surface area contributed by atoms with E-state index >= 15 is 0 Å². The lowest BCUT2D eigenvalue weighted by atomic mass is 10.2. The third kappa shape index (κ3) is 4.50. The second kappa shape index (κ2) is 7.43. The maximum atomic E-state index is 10.4. The molecule has 2 N–H and O–H groups in total. The number of thiocarbonyl (C=S) groups is 1. The number of rotatable bonds is 4. The molecule has 0 bridgehead atoms. The maximum absolute atomic E-state index is 10.4. The van der Waals surface area contributed by atoms with Crippen LogP contribution in [0, 0.1) is 0 Å². The molecule has 2 rings (SSSR count). The molecule has 101 valence electrons. The van der Waals surface area contributed by atoms with Crippen LogP contribution in [0.4, 0.5) is 11.4 Å². The van der Waals surface area contributed by atoms with Crippen molar-refractivity contribution < 1.29 is 5.11 Å². The van der Waals surface area contributed by atoms with E-state index in [1.165, 1.54) is 0 Å². The molecular weight excluding hydrogens is 268 g/mol. The van der Waals surface area contributed by atoms with Crippen LogP contribution in [-0.2, 0) is 5.11 Å². The molecule has 0 atom stereocenters. The van der Waals surface area contributed by atoms with Gasteiger partial charge in [-0.25, -0.2) is 5.11 Å². The summed E-state index contributed by atoms with van der Waals surface area (Å²) in [6, 6.07) is 17.4. The fourth-order valence-corrected chi connectivity index (χ4v) is 1.95. The Morgan fingerprint density at radius 3 is 2.45 bits per heavy atom. The van der Waals surface area contributed by atoms with Crippen LogP contribution in [0.3, 0.4) is 0 Å². The van der Waals surface area contributed by atoms with Crippen molar-refractivity contribution in [3.8, 4) is 0 Å². The molecule has 0 saturated carbocycles.